The van der Waals surface area contributed by atoms with E-state index in [0.29, 0.717) is 0 Å². The molecule has 0 aliphatic carbocycles. The van der Waals surface area contributed by atoms with Crippen LogP contribution >= 0.6 is 33.3 Å². The second kappa shape index (κ2) is 6.28. The number of benzene rings is 2. The van der Waals surface area contributed by atoms with Gasteiger partial charge in [-0.1, -0.05) is 12.1 Å². The minimum atomic E-state index is -4.06. The first-order valence-corrected chi connectivity index (χ1v) is 8.86. The van der Waals surface area contributed by atoms with Crippen molar-refractivity contribution < 1.29 is 17.5 Å². The maximum Gasteiger partial charge on any atom is 0.265 e. The number of hydrogen-bond donors (Lipinski definition) is 0. The van der Waals surface area contributed by atoms with Crippen molar-refractivity contribution in [1.29, 1.82) is 0 Å². The molecule has 0 unspecified atom stereocenters. The van der Waals surface area contributed by atoms with Gasteiger partial charge in [0.25, 0.3) is 9.05 Å². The Kier molecular flexibility index (Phi) is 4.87. The SMILES string of the molecule is O=S(=O)(Cl)c1cc(F)ccc1OCc1ccc(I)cc1. The van der Waals surface area contributed by atoms with Crippen molar-refractivity contribution >= 4 is 42.3 Å². The Morgan fingerprint density at radius 3 is 2.40 bits per heavy atom. The molecule has 106 valence electrons. The standard InChI is InChI=1S/C13H9ClFIO3S/c14-20(17,18)13-7-10(15)3-6-12(13)19-8-9-1-4-11(16)5-2-9/h1-7H,8H2. The minimum Gasteiger partial charge on any atom is -0.487 e. The molecule has 2 aromatic carbocycles. The monoisotopic (exact) mass is 426 g/mol. The summed E-state index contributed by atoms with van der Waals surface area (Å²) in [5, 5.41) is 0. The van der Waals surface area contributed by atoms with Crippen LogP contribution < -0.4 is 4.74 Å². The van der Waals surface area contributed by atoms with Crippen LogP contribution in [0.5, 0.6) is 5.75 Å². The second-order valence-electron chi connectivity index (χ2n) is 3.94. The van der Waals surface area contributed by atoms with Crippen LogP contribution in [0.3, 0.4) is 0 Å². The Morgan fingerprint density at radius 2 is 1.80 bits per heavy atom. The summed E-state index contributed by atoms with van der Waals surface area (Å²) in [5.74, 6) is -0.661. The largest absolute Gasteiger partial charge is 0.487 e. The quantitative estimate of drug-likeness (QED) is 0.549. The lowest BCUT2D eigenvalue weighted by atomic mass is 10.2. The van der Waals surface area contributed by atoms with Crippen molar-refractivity contribution in [1.82, 2.24) is 0 Å². The lowest BCUT2D eigenvalue weighted by molar-refractivity contribution is 0.297. The highest BCUT2D eigenvalue weighted by Gasteiger charge is 2.18. The molecule has 0 bridgehead atoms. The molecule has 0 heterocycles. The van der Waals surface area contributed by atoms with Crippen molar-refractivity contribution in [2.75, 3.05) is 0 Å². The van der Waals surface area contributed by atoms with E-state index in [1.54, 1.807) is 0 Å². The maximum atomic E-state index is 13.1. The van der Waals surface area contributed by atoms with E-state index in [0.717, 1.165) is 21.3 Å². The molecule has 0 atom stereocenters. The highest BCUT2D eigenvalue weighted by molar-refractivity contribution is 14.1. The van der Waals surface area contributed by atoms with E-state index in [-0.39, 0.29) is 17.3 Å². The molecule has 0 fully saturated rings. The van der Waals surface area contributed by atoms with Gasteiger partial charge in [-0.05, 0) is 58.5 Å². The fourth-order valence-corrected chi connectivity index (χ4v) is 2.88. The average molecular weight is 427 g/mol. The normalized spacial score (nSPS) is 11.3. The van der Waals surface area contributed by atoms with Crippen LogP contribution in [0.15, 0.2) is 47.4 Å². The van der Waals surface area contributed by atoms with Crippen LogP contribution in [-0.2, 0) is 15.7 Å². The van der Waals surface area contributed by atoms with Gasteiger partial charge in [0, 0.05) is 14.3 Å². The summed E-state index contributed by atoms with van der Waals surface area (Å²) in [6.45, 7) is 0.169. The molecule has 0 aliphatic heterocycles. The summed E-state index contributed by atoms with van der Waals surface area (Å²) in [7, 11) is 1.20. The van der Waals surface area contributed by atoms with Crippen molar-refractivity contribution in [3.05, 3.63) is 57.4 Å². The predicted octanol–water partition coefficient (Wildman–Crippen LogP) is 3.94. The first kappa shape index (κ1) is 15.5. The summed E-state index contributed by atoms with van der Waals surface area (Å²) >= 11 is 2.18. The van der Waals surface area contributed by atoms with Gasteiger partial charge in [0.1, 0.15) is 23.1 Å². The zero-order valence-corrected chi connectivity index (χ0v) is 13.7. The van der Waals surface area contributed by atoms with Crippen LogP contribution in [-0.4, -0.2) is 8.42 Å². The Balaban J connectivity index is 2.23. The summed E-state index contributed by atoms with van der Waals surface area (Å²) in [6.07, 6.45) is 0. The van der Waals surface area contributed by atoms with Crippen LogP contribution in [0.4, 0.5) is 4.39 Å². The van der Waals surface area contributed by atoms with Gasteiger partial charge < -0.3 is 4.74 Å². The molecule has 0 saturated carbocycles. The molecule has 0 amide bonds. The molecule has 0 aromatic heterocycles. The van der Waals surface area contributed by atoms with Crippen LogP contribution in [0.2, 0.25) is 0 Å². The van der Waals surface area contributed by atoms with Crippen LogP contribution in [0, 0.1) is 9.39 Å². The molecule has 3 nitrogen and oxygen atoms in total. The van der Waals surface area contributed by atoms with Gasteiger partial charge in [0.05, 0.1) is 0 Å². The Morgan fingerprint density at radius 1 is 1.15 bits per heavy atom. The lowest BCUT2D eigenvalue weighted by Gasteiger charge is -2.10. The van der Waals surface area contributed by atoms with Gasteiger partial charge in [-0.15, -0.1) is 0 Å². The Hall–Kier alpha value is -0.860. The molecule has 0 radical (unpaired) electrons. The lowest BCUT2D eigenvalue weighted by Crippen LogP contribution is -2.01. The molecule has 0 N–H and O–H groups in total. The minimum absolute atomic E-state index is 0.0277. The smallest absolute Gasteiger partial charge is 0.265 e. The highest BCUT2D eigenvalue weighted by atomic mass is 127. The van der Waals surface area contributed by atoms with Crippen molar-refractivity contribution in [3.8, 4) is 5.75 Å². The van der Waals surface area contributed by atoms with Crippen molar-refractivity contribution in [3.63, 3.8) is 0 Å². The molecule has 0 aliphatic rings. The molecule has 2 aromatic rings. The highest BCUT2D eigenvalue weighted by Crippen LogP contribution is 2.28. The van der Waals surface area contributed by atoms with Gasteiger partial charge in [0.2, 0.25) is 0 Å². The molecule has 0 saturated heterocycles. The molecular formula is C13H9ClFIO3S. The van der Waals surface area contributed by atoms with E-state index < -0.39 is 14.9 Å². The first-order valence-electron chi connectivity index (χ1n) is 5.48. The fraction of sp³-hybridized carbons (Fsp3) is 0.0769. The number of hydrogen-bond acceptors (Lipinski definition) is 3. The number of halogens is 3. The molecule has 7 heteroatoms. The third-order valence-corrected chi connectivity index (χ3v) is 4.54. The van der Waals surface area contributed by atoms with E-state index in [1.165, 1.54) is 6.07 Å². The van der Waals surface area contributed by atoms with E-state index in [4.69, 9.17) is 15.4 Å². The zero-order valence-electron chi connectivity index (χ0n) is 10.0. The van der Waals surface area contributed by atoms with E-state index in [2.05, 4.69) is 22.6 Å². The molecule has 0 spiro atoms. The van der Waals surface area contributed by atoms with Gasteiger partial charge in [-0.3, -0.25) is 0 Å². The second-order valence-corrected chi connectivity index (χ2v) is 7.72. The summed E-state index contributed by atoms with van der Waals surface area (Å²) in [5.41, 5.74) is 0.868. The van der Waals surface area contributed by atoms with E-state index in [1.807, 2.05) is 24.3 Å². The topological polar surface area (TPSA) is 43.4 Å². The van der Waals surface area contributed by atoms with Crippen molar-refractivity contribution in [2.45, 2.75) is 11.5 Å². The van der Waals surface area contributed by atoms with E-state index in [9.17, 15) is 12.8 Å². The zero-order chi connectivity index (χ0) is 14.8. The average Bonchev–Trinajstić information content (AvgIpc) is 2.38. The molecule has 20 heavy (non-hydrogen) atoms. The Bertz CT molecular complexity index is 717. The summed E-state index contributed by atoms with van der Waals surface area (Å²) < 4.78 is 42.4. The van der Waals surface area contributed by atoms with Crippen LogP contribution in [0.25, 0.3) is 0 Å². The van der Waals surface area contributed by atoms with Gasteiger partial charge in [-0.2, -0.15) is 0 Å². The predicted molar refractivity (Wildman–Crippen MR) is 82.9 cm³/mol. The van der Waals surface area contributed by atoms with E-state index >= 15 is 0 Å². The third-order valence-electron chi connectivity index (χ3n) is 2.48. The summed E-state index contributed by atoms with van der Waals surface area (Å²) in [6, 6.07) is 10.7. The number of ether oxygens (including phenoxy) is 1. The van der Waals surface area contributed by atoms with Gasteiger partial charge >= 0.3 is 0 Å². The van der Waals surface area contributed by atoms with Gasteiger partial charge in [-0.25, -0.2) is 12.8 Å². The fourth-order valence-electron chi connectivity index (χ4n) is 1.53. The first-order chi connectivity index (χ1) is 9.36. The van der Waals surface area contributed by atoms with Crippen LogP contribution in [0.1, 0.15) is 5.56 Å². The maximum absolute atomic E-state index is 13.1. The van der Waals surface area contributed by atoms with Gasteiger partial charge in [0.15, 0.2) is 0 Å². The number of rotatable bonds is 4. The molecular weight excluding hydrogens is 418 g/mol. The third kappa shape index (κ3) is 4.07. The van der Waals surface area contributed by atoms with Crippen molar-refractivity contribution in [2.24, 2.45) is 0 Å². The summed E-state index contributed by atoms with van der Waals surface area (Å²) in [4.78, 5) is -0.371. The Labute approximate surface area is 134 Å². The molecule has 2 rings (SSSR count).